The van der Waals surface area contributed by atoms with E-state index < -0.39 is 15.8 Å². The molecule has 0 aliphatic carbocycles. The lowest BCUT2D eigenvalue weighted by Crippen LogP contribution is -2.17. The number of hydrogen-bond acceptors (Lipinski definition) is 4. The Morgan fingerprint density at radius 1 is 1.37 bits per heavy atom. The van der Waals surface area contributed by atoms with Crippen LogP contribution >= 0.6 is 0 Å². The first kappa shape index (κ1) is 13.5. The molecule has 1 heterocycles. The summed E-state index contributed by atoms with van der Waals surface area (Å²) in [5, 5.41) is 3.60. The molecule has 1 N–H and O–H groups in total. The van der Waals surface area contributed by atoms with Crippen LogP contribution in [0.5, 0.6) is 0 Å². The highest BCUT2D eigenvalue weighted by Gasteiger charge is 2.17. The van der Waals surface area contributed by atoms with Crippen molar-refractivity contribution < 1.29 is 17.3 Å². The van der Waals surface area contributed by atoms with E-state index in [0.29, 0.717) is 11.3 Å². The molecule has 1 aromatic carbocycles. The van der Waals surface area contributed by atoms with Gasteiger partial charge < -0.3 is 4.52 Å². The van der Waals surface area contributed by atoms with Crippen molar-refractivity contribution in [2.45, 2.75) is 19.6 Å². The molecular weight excluding hydrogens is 271 g/mol. The fourth-order valence-corrected chi connectivity index (χ4v) is 2.80. The zero-order valence-electron chi connectivity index (χ0n) is 10.5. The van der Waals surface area contributed by atoms with E-state index in [2.05, 4.69) is 9.88 Å². The summed E-state index contributed by atoms with van der Waals surface area (Å²) >= 11 is 0. The number of rotatable bonds is 4. The first-order valence-corrected chi connectivity index (χ1v) is 7.20. The number of nitrogens with one attached hydrogen (secondary N) is 1. The van der Waals surface area contributed by atoms with Crippen LogP contribution in [0.3, 0.4) is 0 Å². The molecule has 0 atom stereocenters. The van der Waals surface area contributed by atoms with Gasteiger partial charge in [0.05, 0.1) is 5.69 Å². The molecule has 0 radical (unpaired) electrons. The molecule has 2 aromatic rings. The normalized spacial score (nSPS) is 11.5. The number of aryl methyl sites for hydroxylation is 2. The molecule has 0 aliphatic rings. The number of hydrogen-bond donors (Lipinski definition) is 1. The maximum Gasteiger partial charge on any atom is 0.238 e. The van der Waals surface area contributed by atoms with Crippen molar-refractivity contribution in [1.29, 1.82) is 0 Å². The van der Waals surface area contributed by atoms with Gasteiger partial charge in [0, 0.05) is 6.07 Å². The molecule has 1 aromatic heterocycles. The van der Waals surface area contributed by atoms with Gasteiger partial charge in [0.1, 0.15) is 23.0 Å². The summed E-state index contributed by atoms with van der Waals surface area (Å²) in [4.78, 5) is 0. The molecular formula is C12H13FN2O3S. The number of sulfonamides is 1. The van der Waals surface area contributed by atoms with Crippen LogP contribution < -0.4 is 4.72 Å². The summed E-state index contributed by atoms with van der Waals surface area (Å²) < 4.78 is 44.4. The van der Waals surface area contributed by atoms with E-state index in [1.54, 1.807) is 19.9 Å². The van der Waals surface area contributed by atoms with Crippen LogP contribution in [0, 0.1) is 19.7 Å². The second kappa shape index (κ2) is 5.00. The smallest absolute Gasteiger partial charge is 0.238 e. The quantitative estimate of drug-likeness (QED) is 0.935. The maximum atomic E-state index is 13.6. The zero-order valence-corrected chi connectivity index (χ0v) is 11.3. The van der Waals surface area contributed by atoms with Gasteiger partial charge in [-0.15, -0.1) is 0 Å². The van der Waals surface area contributed by atoms with Crippen LogP contribution in [0.25, 0.3) is 0 Å². The second-order valence-electron chi connectivity index (χ2n) is 4.22. The van der Waals surface area contributed by atoms with Gasteiger partial charge in [-0.05, 0) is 25.5 Å². The standard InChI is InChI=1S/C12H13FN2O3S/c1-8-4-3-5-11(13)12(8)15-19(16,17)7-10-6-9(2)18-14-10/h3-6,15H,7H2,1-2H3. The Bertz CT molecular complexity index is 675. The molecule has 0 unspecified atom stereocenters. The number of nitrogens with zero attached hydrogens (tertiary/aromatic N) is 1. The first-order valence-electron chi connectivity index (χ1n) is 5.55. The third-order valence-corrected chi connectivity index (χ3v) is 3.69. The van der Waals surface area contributed by atoms with Gasteiger partial charge in [0.15, 0.2) is 0 Å². The molecule has 0 aliphatic heterocycles. The molecule has 2 rings (SSSR count). The molecule has 0 fully saturated rings. The lowest BCUT2D eigenvalue weighted by Gasteiger charge is -2.10. The predicted molar refractivity (Wildman–Crippen MR) is 68.6 cm³/mol. The molecule has 102 valence electrons. The van der Waals surface area contributed by atoms with Crippen LogP contribution in [-0.4, -0.2) is 13.6 Å². The summed E-state index contributed by atoms with van der Waals surface area (Å²) in [7, 11) is -3.73. The largest absolute Gasteiger partial charge is 0.361 e. The van der Waals surface area contributed by atoms with Crippen LogP contribution in [-0.2, 0) is 15.8 Å². The summed E-state index contributed by atoms with van der Waals surface area (Å²) in [5.41, 5.74) is 0.751. The molecule has 19 heavy (non-hydrogen) atoms. The third kappa shape index (κ3) is 3.31. The average Bonchev–Trinajstić information content (AvgIpc) is 2.69. The molecule has 0 bridgehead atoms. The van der Waals surface area contributed by atoms with E-state index in [1.165, 1.54) is 18.2 Å². The Morgan fingerprint density at radius 2 is 2.11 bits per heavy atom. The van der Waals surface area contributed by atoms with E-state index >= 15 is 0 Å². The second-order valence-corrected chi connectivity index (χ2v) is 5.94. The molecule has 5 nitrogen and oxygen atoms in total. The Hall–Kier alpha value is -1.89. The lowest BCUT2D eigenvalue weighted by molar-refractivity contribution is 0.392. The number of halogens is 1. The number of anilines is 1. The number of benzene rings is 1. The lowest BCUT2D eigenvalue weighted by atomic mass is 10.2. The van der Waals surface area contributed by atoms with Crippen molar-refractivity contribution in [2.24, 2.45) is 0 Å². The van der Waals surface area contributed by atoms with Gasteiger partial charge >= 0.3 is 0 Å². The average molecular weight is 284 g/mol. The Balaban J connectivity index is 2.22. The summed E-state index contributed by atoms with van der Waals surface area (Å²) in [5.74, 6) is -0.454. The van der Waals surface area contributed by atoms with Gasteiger partial charge in [0.2, 0.25) is 10.0 Å². The first-order chi connectivity index (χ1) is 8.87. The van der Waals surface area contributed by atoms with E-state index in [-0.39, 0.29) is 17.1 Å². The van der Waals surface area contributed by atoms with Gasteiger partial charge in [-0.1, -0.05) is 17.3 Å². The topological polar surface area (TPSA) is 72.2 Å². The predicted octanol–water partition coefficient (Wildman–Crippen LogP) is 2.37. The fourth-order valence-electron chi connectivity index (χ4n) is 1.63. The van der Waals surface area contributed by atoms with Crippen LogP contribution in [0.2, 0.25) is 0 Å². The van der Waals surface area contributed by atoms with Crippen molar-refractivity contribution in [3.63, 3.8) is 0 Å². The Morgan fingerprint density at radius 3 is 2.68 bits per heavy atom. The minimum atomic E-state index is -3.73. The van der Waals surface area contributed by atoms with Gasteiger partial charge in [-0.3, -0.25) is 4.72 Å². The summed E-state index contributed by atoms with van der Waals surface area (Å²) in [6.45, 7) is 3.29. The van der Waals surface area contributed by atoms with E-state index in [1.807, 2.05) is 0 Å². The van der Waals surface area contributed by atoms with E-state index in [9.17, 15) is 12.8 Å². The highest BCUT2D eigenvalue weighted by Crippen LogP contribution is 2.21. The minimum Gasteiger partial charge on any atom is -0.361 e. The minimum absolute atomic E-state index is 0.0392. The van der Waals surface area contributed by atoms with Gasteiger partial charge in [0.25, 0.3) is 0 Å². The van der Waals surface area contributed by atoms with Crippen molar-refractivity contribution >= 4 is 15.7 Å². The SMILES string of the molecule is Cc1cc(CS(=O)(=O)Nc2c(C)cccc2F)no1. The Kier molecular flexibility index (Phi) is 3.57. The zero-order chi connectivity index (χ0) is 14.0. The molecule has 0 amide bonds. The monoisotopic (exact) mass is 284 g/mol. The van der Waals surface area contributed by atoms with Crippen molar-refractivity contribution in [2.75, 3.05) is 4.72 Å². The molecule has 7 heteroatoms. The summed E-state index contributed by atoms with van der Waals surface area (Å²) in [6.07, 6.45) is 0. The third-order valence-electron chi connectivity index (χ3n) is 2.49. The van der Waals surface area contributed by atoms with E-state index in [0.717, 1.165) is 0 Å². The van der Waals surface area contributed by atoms with Gasteiger partial charge in [-0.2, -0.15) is 0 Å². The maximum absolute atomic E-state index is 13.6. The van der Waals surface area contributed by atoms with Crippen molar-refractivity contribution in [3.05, 3.63) is 47.1 Å². The van der Waals surface area contributed by atoms with E-state index in [4.69, 9.17) is 4.52 Å². The van der Waals surface area contributed by atoms with Crippen LogP contribution in [0.15, 0.2) is 28.8 Å². The summed E-state index contributed by atoms with van der Waals surface area (Å²) in [6, 6.07) is 5.86. The van der Waals surface area contributed by atoms with Crippen LogP contribution in [0.1, 0.15) is 17.0 Å². The highest BCUT2D eigenvalue weighted by atomic mass is 32.2. The Labute approximate surface area is 110 Å². The van der Waals surface area contributed by atoms with Crippen molar-refractivity contribution in [3.8, 4) is 0 Å². The van der Waals surface area contributed by atoms with Crippen LogP contribution in [0.4, 0.5) is 10.1 Å². The van der Waals surface area contributed by atoms with Crippen molar-refractivity contribution in [1.82, 2.24) is 5.16 Å². The molecule has 0 saturated carbocycles. The molecule has 0 spiro atoms. The fraction of sp³-hybridized carbons (Fsp3) is 0.250. The van der Waals surface area contributed by atoms with Gasteiger partial charge in [-0.25, -0.2) is 12.8 Å². The highest BCUT2D eigenvalue weighted by molar-refractivity contribution is 7.91. The number of aromatic nitrogens is 1. The number of para-hydroxylation sites is 1. The molecule has 0 saturated heterocycles.